The van der Waals surface area contributed by atoms with Crippen molar-refractivity contribution in [2.75, 3.05) is 12.3 Å². The number of thioether (sulfide) groups is 1. The number of aromatic nitrogens is 3. The van der Waals surface area contributed by atoms with E-state index in [0.29, 0.717) is 23.3 Å². The zero-order chi connectivity index (χ0) is 17.5. The van der Waals surface area contributed by atoms with Crippen LogP contribution in [0, 0.1) is 12.3 Å². The van der Waals surface area contributed by atoms with E-state index in [1.54, 1.807) is 12.3 Å². The minimum absolute atomic E-state index is 0.142. The molecule has 0 saturated heterocycles. The van der Waals surface area contributed by atoms with Gasteiger partial charge in [-0.2, -0.15) is 0 Å². The standard InChI is InChI=1S/C18H16N4O2S/c1-2-10-19-16(23)13-25-18-21-20-17(15-9-6-11-24-15)22(18)12-14-7-4-3-5-8-14/h1,3-9,11H,10,12-13H2,(H,19,23). The molecule has 3 rings (SSSR count). The third-order valence-corrected chi connectivity index (χ3v) is 4.33. The Hall–Kier alpha value is -2.98. The summed E-state index contributed by atoms with van der Waals surface area (Å²) in [5.74, 6) is 3.71. The molecule has 126 valence electrons. The first-order valence-corrected chi connectivity index (χ1v) is 8.60. The van der Waals surface area contributed by atoms with Gasteiger partial charge in [0.1, 0.15) is 0 Å². The van der Waals surface area contributed by atoms with Crippen molar-refractivity contribution in [1.82, 2.24) is 20.1 Å². The number of rotatable bonds is 7. The van der Waals surface area contributed by atoms with E-state index in [4.69, 9.17) is 10.8 Å². The van der Waals surface area contributed by atoms with Crippen molar-refractivity contribution in [3.05, 3.63) is 54.3 Å². The van der Waals surface area contributed by atoms with Crippen molar-refractivity contribution < 1.29 is 9.21 Å². The molecule has 2 aromatic heterocycles. The minimum Gasteiger partial charge on any atom is -0.461 e. The zero-order valence-electron chi connectivity index (χ0n) is 13.4. The van der Waals surface area contributed by atoms with Crippen LogP contribution in [0.1, 0.15) is 5.56 Å². The molecule has 25 heavy (non-hydrogen) atoms. The van der Waals surface area contributed by atoms with E-state index in [2.05, 4.69) is 21.4 Å². The highest BCUT2D eigenvalue weighted by molar-refractivity contribution is 7.99. The fourth-order valence-electron chi connectivity index (χ4n) is 2.22. The first-order valence-electron chi connectivity index (χ1n) is 7.62. The van der Waals surface area contributed by atoms with Crippen LogP contribution in [0.3, 0.4) is 0 Å². The van der Waals surface area contributed by atoms with Gasteiger partial charge in [-0.25, -0.2) is 0 Å². The maximum Gasteiger partial charge on any atom is 0.231 e. The van der Waals surface area contributed by atoms with Gasteiger partial charge in [-0.05, 0) is 17.7 Å². The van der Waals surface area contributed by atoms with Crippen LogP contribution in [-0.2, 0) is 11.3 Å². The maximum absolute atomic E-state index is 11.8. The lowest BCUT2D eigenvalue weighted by Gasteiger charge is -2.09. The molecule has 6 nitrogen and oxygen atoms in total. The van der Waals surface area contributed by atoms with Gasteiger partial charge >= 0.3 is 0 Å². The molecule has 2 heterocycles. The van der Waals surface area contributed by atoms with Gasteiger partial charge < -0.3 is 9.73 Å². The summed E-state index contributed by atoms with van der Waals surface area (Å²) in [6.07, 6.45) is 6.74. The lowest BCUT2D eigenvalue weighted by molar-refractivity contribution is -0.118. The molecule has 0 atom stereocenters. The third kappa shape index (κ3) is 4.31. The summed E-state index contributed by atoms with van der Waals surface area (Å²) >= 11 is 1.31. The number of terminal acetylenes is 1. The summed E-state index contributed by atoms with van der Waals surface area (Å²) < 4.78 is 7.39. The van der Waals surface area contributed by atoms with Crippen molar-refractivity contribution in [3.63, 3.8) is 0 Å². The molecule has 0 aliphatic rings. The van der Waals surface area contributed by atoms with E-state index in [1.807, 2.05) is 41.0 Å². The lowest BCUT2D eigenvalue weighted by atomic mass is 10.2. The molecule has 0 spiro atoms. The largest absolute Gasteiger partial charge is 0.461 e. The van der Waals surface area contributed by atoms with Gasteiger partial charge in [0.15, 0.2) is 10.9 Å². The summed E-state index contributed by atoms with van der Waals surface area (Å²) in [4.78, 5) is 11.8. The Morgan fingerprint density at radius 3 is 2.80 bits per heavy atom. The van der Waals surface area contributed by atoms with Crippen LogP contribution in [0.15, 0.2) is 58.3 Å². The second kappa shape index (κ2) is 8.22. The molecule has 3 aromatic rings. The topological polar surface area (TPSA) is 73.0 Å². The smallest absolute Gasteiger partial charge is 0.231 e. The average Bonchev–Trinajstić information content (AvgIpc) is 3.29. The van der Waals surface area contributed by atoms with Gasteiger partial charge in [-0.1, -0.05) is 48.0 Å². The number of carbonyl (C=O) groups excluding carboxylic acids is 1. The fourth-order valence-corrected chi connectivity index (χ4v) is 2.99. The van der Waals surface area contributed by atoms with Crippen molar-refractivity contribution in [3.8, 4) is 23.9 Å². The fraction of sp³-hybridized carbons (Fsp3) is 0.167. The molecule has 0 aliphatic heterocycles. The van der Waals surface area contributed by atoms with Crippen LogP contribution in [0.25, 0.3) is 11.6 Å². The Kier molecular flexibility index (Phi) is 5.54. The van der Waals surface area contributed by atoms with Crippen LogP contribution in [0.4, 0.5) is 0 Å². The van der Waals surface area contributed by atoms with Crippen LogP contribution in [-0.4, -0.2) is 33.0 Å². The zero-order valence-corrected chi connectivity index (χ0v) is 14.2. The van der Waals surface area contributed by atoms with Crippen molar-refractivity contribution in [2.45, 2.75) is 11.7 Å². The molecule has 0 unspecified atom stereocenters. The Labute approximate surface area is 149 Å². The Bertz CT molecular complexity index is 866. The van der Waals surface area contributed by atoms with Crippen molar-refractivity contribution in [2.24, 2.45) is 0 Å². The number of nitrogens with zero attached hydrogens (tertiary/aromatic N) is 3. The van der Waals surface area contributed by atoms with Gasteiger partial charge in [-0.15, -0.1) is 16.6 Å². The van der Waals surface area contributed by atoms with E-state index in [0.717, 1.165) is 5.56 Å². The summed E-state index contributed by atoms with van der Waals surface area (Å²) in [6, 6.07) is 13.6. The molecule has 0 saturated carbocycles. The van der Waals surface area contributed by atoms with Crippen molar-refractivity contribution in [1.29, 1.82) is 0 Å². The number of nitrogens with one attached hydrogen (secondary N) is 1. The number of benzene rings is 1. The van der Waals surface area contributed by atoms with Gasteiger partial charge in [0.2, 0.25) is 11.7 Å². The molecular formula is C18H16N4O2S. The van der Waals surface area contributed by atoms with Crippen LogP contribution < -0.4 is 5.32 Å². The normalized spacial score (nSPS) is 10.4. The van der Waals surface area contributed by atoms with E-state index >= 15 is 0 Å². The lowest BCUT2D eigenvalue weighted by Crippen LogP contribution is -2.25. The molecule has 0 fully saturated rings. The van der Waals surface area contributed by atoms with Crippen LogP contribution in [0.2, 0.25) is 0 Å². The Balaban J connectivity index is 1.82. The molecule has 1 amide bonds. The SMILES string of the molecule is C#CCNC(=O)CSc1nnc(-c2ccco2)n1Cc1ccccc1. The molecule has 1 N–H and O–H groups in total. The second-order valence-electron chi connectivity index (χ2n) is 5.12. The molecule has 0 radical (unpaired) electrons. The van der Waals surface area contributed by atoms with E-state index in [-0.39, 0.29) is 18.2 Å². The monoisotopic (exact) mass is 352 g/mol. The number of carbonyl (C=O) groups is 1. The summed E-state index contributed by atoms with van der Waals surface area (Å²) in [6.45, 7) is 0.798. The second-order valence-corrected chi connectivity index (χ2v) is 6.07. The summed E-state index contributed by atoms with van der Waals surface area (Å²) in [5, 5.41) is 11.7. The van der Waals surface area contributed by atoms with Gasteiger partial charge in [-0.3, -0.25) is 9.36 Å². The van der Waals surface area contributed by atoms with Gasteiger partial charge in [0.05, 0.1) is 25.1 Å². The summed E-state index contributed by atoms with van der Waals surface area (Å²) in [5.41, 5.74) is 1.11. The Morgan fingerprint density at radius 2 is 2.08 bits per heavy atom. The summed E-state index contributed by atoms with van der Waals surface area (Å²) in [7, 11) is 0. The van der Waals surface area contributed by atoms with E-state index < -0.39 is 0 Å². The number of furan rings is 1. The van der Waals surface area contributed by atoms with Crippen molar-refractivity contribution >= 4 is 17.7 Å². The number of hydrogen-bond acceptors (Lipinski definition) is 5. The van der Waals surface area contributed by atoms with E-state index in [1.165, 1.54) is 11.8 Å². The molecule has 0 bridgehead atoms. The van der Waals surface area contributed by atoms with Crippen LogP contribution in [0.5, 0.6) is 0 Å². The predicted molar refractivity (Wildman–Crippen MR) is 95.8 cm³/mol. The van der Waals surface area contributed by atoms with Gasteiger partial charge in [0, 0.05) is 0 Å². The molecule has 0 aliphatic carbocycles. The highest BCUT2D eigenvalue weighted by Crippen LogP contribution is 2.25. The first-order chi connectivity index (χ1) is 12.3. The highest BCUT2D eigenvalue weighted by Gasteiger charge is 2.17. The molecular weight excluding hydrogens is 336 g/mol. The van der Waals surface area contributed by atoms with Gasteiger partial charge in [0.25, 0.3) is 0 Å². The molecule has 1 aromatic carbocycles. The minimum atomic E-state index is -0.142. The quantitative estimate of drug-likeness (QED) is 0.522. The number of amides is 1. The third-order valence-electron chi connectivity index (χ3n) is 3.36. The predicted octanol–water partition coefficient (Wildman–Crippen LogP) is 2.43. The first kappa shape index (κ1) is 16.9. The maximum atomic E-state index is 11.8. The number of hydrogen-bond donors (Lipinski definition) is 1. The van der Waals surface area contributed by atoms with E-state index in [9.17, 15) is 4.79 Å². The Morgan fingerprint density at radius 1 is 1.24 bits per heavy atom. The average molecular weight is 352 g/mol. The molecule has 7 heteroatoms. The highest BCUT2D eigenvalue weighted by atomic mass is 32.2. The van der Waals surface area contributed by atoms with Crippen LogP contribution >= 0.6 is 11.8 Å².